The summed E-state index contributed by atoms with van der Waals surface area (Å²) < 4.78 is 40.2. The molecule has 0 spiro atoms. The van der Waals surface area contributed by atoms with E-state index in [0.717, 1.165) is 34.2 Å². The summed E-state index contributed by atoms with van der Waals surface area (Å²) in [6.07, 6.45) is -3.47. The Balaban J connectivity index is 1.60. The molecule has 0 saturated heterocycles. The highest BCUT2D eigenvalue weighted by atomic mass is 19.4. The lowest BCUT2D eigenvalue weighted by molar-refractivity contribution is -0.137. The van der Waals surface area contributed by atoms with Crippen LogP contribution < -0.4 is 0 Å². The molecule has 2 aromatic heterocycles. The number of aliphatic hydroxyl groups is 2. The number of aromatic nitrogens is 2. The number of rotatable bonds is 5. The Bertz CT molecular complexity index is 1170. The van der Waals surface area contributed by atoms with Gasteiger partial charge in [0.1, 0.15) is 6.10 Å². The number of benzene rings is 2. The van der Waals surface area contributed by atoms with Gasteiger partial charge in [0.25, 0.3) is 0 Å². The van der Waals surface area contributed by atoms with Gasteiger partial charge in [-0.3, -0.25) is 0 Å². The number of pyridine rings is 1. The first-order chi connectivity index (χ1) is 14.3. The van der Waals surface area contributed by atoms with E-state index in [0.29, 0.717) is 17.9 Å². The molecule has 0 saturated carbocycles. The van der Waals surface area contributed by atoms with Crippen LogP contribution in [0.2, 0.25) is 0 Å². The van der Waals surface area contributed by atoms with Crippen molar-refractivity contribution in [1.29, 1.82) is 0 Å². The van der Waals surface area contributed by atoms with Crippen LogP contribution >= 0.6 is 0 Å². The maximum atomic E-state index is 12.7. The van der Waals surface area contributed by atoms with Crippen molar-refractivity contribution in [1.82, 2.24) is 9.55 Å². The summed E-state index contributed by atoms with van der Waals surface area (Å²) in [4.78, 5) is 4.41. The van der Waals surface area contributed by atoms with Gasteiger partial charge >= 0.3 is 6.18 Å². The van der Waals surface area contributed by atoms with E-state index in [9.17, 15) is 18.3 Å². The second-order valence-electron chi connectivity index (χ2n) is 7.06. The maximum Gasteiger partial charge on any atom is 0.416 e. The lowest BCUT2D eigenvalue weighted by Crippen LogP contribution is -2.05. The molecule has 0 aliphatic carbocycles. The van der Waals surface area contributed by atoms with Gasteiger partial charge in [0.15, 0.2) is 0 Å². The van der Waals surface area contributed by atoms with Gasteiger partial charge in [-0.15, -0.1) is 0 Å². The van der Waals surface area contributed by atoms with Crippen LogP contribution in [-0.2, 0) is 12.7 Å². The van der Waals surface area contributed by atoms with Crippen LogP contribution in [0.4, 0.5) is 13.2 Å². The number of nitrogens with zero attached hydrogens (tertiary/aromatic N) is 2. The molecule has 2 N–H and O–H groups in total. The number of hydrogen-bond acceptors (Lipinski definition) is 3. The molecule has 30 heavy (non-hydrogen) atoms. The van der Waals surface area contributed by atoms with Crippen LogP contribution in [0.25, 0.3) is 22.2 Å². The molecule has 154 valence electrons. The van der Waals surface area contributed by atoms with Crippen molar-refractivity contribution >= 4 is 10.9 Å². The average Bonchev–Trinajstić information content (AvgIpc) is 3.15. The molecule has 0 aliphatic heterocycles. The van der Waals surface area contributed by atoms with Crippen molar-refractivity contribution in [3.05, 3.63) is 89.7 Å². The van der Waals surface area contributed by atoms with Gasteiger partial charge in [-0.25, -0.2) is 4.98 Å². The van der Waals surface area contributed by atoms with E-state index in [1.165, 1.54) is 12.1 Å². The van der Waals surface area contributed by atoms with Crippen LogP contribution in [0, 0.1) is 0 Å². The number of alkyl halides is 3. The fraction of sp³-hybridized carbons (Fsp3) is 0.174. The van der Waals surface area contributed by atoms with Gasteiger partial charge in [0.05, 0.1) is 23.6 Å². The zero-order valence-corrected chi connectivity index (χ0v) is 15.8. The summed E-state index contributed by atoms with van der Waals surface area (Å²) in [7, 11) is 0. The van der Waals surface area contributed by atoms with Crippen LogP contribution in [0.3, 0.4) is 0 Å². The molecule has 0 aliphatic rings. The number of aliphatic hydroxyl groups excluding tert-OH is 2. The molecule has 4 nitrogen and oxygen atoms in total. The molecule has 2 aromatic carbocycles. The van der Waals surface area contributed by atoms with E-state index in [2.05, 4.69) is 4.98 Å². The minimum atomic E-state index is -4.34. The van der Waals surface area contributed by atoms with Gasteiger partial charge in [0, 0.05) is 29.2 Å². The van der Waals surface area contributed by atoms with Gasteiger partial charge < -0.3 is 14.8 Å². The highest BCUT2D eigenvalue weighted by molar-refractivity contribution is 5.85. The van der Waals surface area contributed by atoms with Gasteiger partial charge in [-0.05, 0) is 48.0 Å². The van der Waals surface area contributed by atoms with E-state index in [-0.39, 0.29) is 0 Å². The number of hydrogen-bond donors (Lipinski definition) is 2. The topological polar surface area (TPSA) is 58.3 Å². The zero-order valence-electron chi connectivity index (χ0n) is 15.8. The summed E-state index contributed by atoms with van der Waals surface area (Å²) in [6.45, 7) is 0.0553. The Hall–Kier alpha value is -3.16. The Labute approximate surface area is 170 Å². The molecule has 0 radical (unpaired) electrons. The average molecular weight is 412 g/mol. The van der Waals surface area contributed by atoms with Crippen molar-refractivity contribution < 1.29 is 23.4 Å². The lowest BCUT2D eigenvalue weighted by atomic mass is 10.1. The van der Waals surface area contributed by atoms with E-state index in [4.69, 9.17) is 5.11 Å². The van der Waals surface area contributed by atoms with Gasteiger partial charge in [-0.1, -0.05) is 24.3 Å². The Morgan fingerprint density at radius 3 is 2.43 bits per heavy atom. The molecular weight excluding hydrogens is 393 g/mol. The predicted octanol–water partition coefficient (Wildman–Crippen LogP) is 4.80. The first kappa shape index (κ1) is 20.1. The third kappa shape index (κ3) is 4.08. The molecule has 2 heterocycles. The minimum absolute atomic E-state index is 0.398. The quantitative estimate of drug-likeness (QED) is 0.495. The van der Waals surface area contributed by atoms with Crippen molar-refractivity contribution in [2.45, 2.75) is 18.8 Å². The van der Waals surface area contributed by atoms with Crippen molar-refractivity contribution in [2.75, 3.05) is 6.61 Å². The maximum absolute atomic E-state index is 12.7. The zero-order chi connectivity index (χ0) is 21.3. The molecule has 0 unspecified atom stereocenters. The molecule has 7 heteroatoms. The smallest absolute Gasteiger partial charge is 0.393 e. The van der Waals surface area contributed by atoms with E-state index >= 15 is 0 Å². The lowest BCUT2D eigenvalue weighted by Gasteiger charge is -2.10. The van der Waals surface area contributed by atoms with Gasteiger partial charge in [0.2, 0.25) is 0 Å². The molecule has 1 atom stereocenters. The van der Waals surface area contributed by atoms with Crippen LogP contribution in [0.15, 0.2) is 72.9 Å². The summed E-state index contributed by atoms with van der Waals surface area (Å²) >= 11 is 0. The second-order valence-corrected chi connectivity index (χ2v) is 7.06. The van der Waals surface area contributed by atoms with E-state index in [1.807, 2.05) is 41.1 Å². The standard InChI is InChI=1S/C23H19F3N2O2/c24-23(25,26)18-7-4-15(5-8-18)13-28-11-10-17-12-16(6-9-21(17)28)19-2-1-3-20(27-19)22(30)14-29/h1-12,22,29-30H,13-14H2/t22-/m1/s1. The summed E-state index contributed by atoms with van der Waals surface area (Å²) in [6, 6.07) is 18.2. The first-order valence-corrected chi connectivity index (χ1v) is 9.36. The summed E-state index contributed by atoms with van der Waals surface area (Å²) in [5.74, 6) is 0. The highest BCUT2D eigenvalue weighted by Crippen LogP contribution is 2.30. The SMILES string of the molecule is OC[C@@H](O)c1cccc(-c2ccc3c(ccn3Cc3ccc(C(F)(F)F)cc3)c2)n1. The molecular formula is C23H19F3N2O2. The van der Waals surface area contributed by atoms with Crippen LogP contribution in [-0.4, -0.2) is 26.4 Å². The summed E-state index contributed by atoms with van der Waals surface area (Å²) in [5, 5.41) is 19.9. The van der Waals surface area contributed by atoms with Crippen molar-refractivity contribution in [3.63, 3.8) is 0 Å². The third-order valence-electron chi connectivity index (χ3n) is 4.99. The number of halogens is 3. The predicted molar refractivity (Wildman–Crippen MR) is 108 cm³/mol. The second kappa shape index (κ2) is 7.93. The normalized spacial score (nSPS) is 13.0. The molecule has 4 aromatic rings. The Kier molecular flexibility index (Phi) is 5.32. The van der Waals surface area contributed by atoms with Gasteiger partial charge in [-0.2, -0.15) is 13.2 Å². The van der Waals surface area contributed by atoms with Crippen LogP contribution in [0.5, 0.6) is 0 Å². The Morgan fingerprint density at radius 2 is 1.73 bits per heavy atom. The third-order valence-corrected chi connectivity index (χ3v) is 4.99. The Morgan fingerprint density at radius 1 is 0.967 bits per heavy atom. The van der Waals surface area contributed by atoms with E-state index in [1.54, 1.807) is 12.1 Å². The largest absolute Gasteiger partial charge is 0.416 e. The number of fused-ring (bicyclic) bond motifs is 1. The summed E-state index contributed by atoms with van der Waals surface area (Å²) in [5.41, 5.74) is 3.01. The van der Waals surface area contributed by atoms with Crippen molar-refractivity contribution in [2.24, 2.45) is 0 Å². The van der Waals surface area contributed by atoms with E-state index < -0.39 is 24.5 Å². The molecule has 4 rings (SSSR count). The van der Waals surface area contributed by atoms with Crippen LogP contribution in [0.1, 0.15) is 22.9 Å². The minimum Gasteiger partial charge on any atom is -0.393 e. The molecule has 0 bridgehead atoms. The highest BCUT2D eigenvalue weighted by Gasteiger charge is 2.29. The molecule has 0 amide bonds. The fourth-order valence-corrected chi connectivity index (χ4v) is 3.38. The van der Waals surface area contributed by atoms with Crippen molar-refractivity contribution in [3.8, 4) is 11.3 Å². The fourth-order valence-electron chi connectivity index (χ4n) is 3.38. The first-order valence-electron chi connectivity index (χ1n) is 9.36. The monoisotopic (exact) mass is 412 g/mol. The molecule has 0 fully saturated rings.